The van der Waals surface area contributed by atoms with E-state index in [1.54, 1.807) is 50.2 Å². The van der Waals surface area contributed by atoms with Gasteiger partial charge in [-0.05, 0) is 60.4 Å². The average Bonchev–Trinajstić information content (AvgIpc) is 3.48. The van der Waals surface area contributed by atoms with E-state index in [9.17, 15) is 18.4 Å². The van der Waals surface area contributed by atoms with Crippen LogP contribution in [0.1, 0.15) is 45.7 Å². The number of thioether (sulfide) groups is 2. The molecule has 0 aromatic heterocycles. The van der Waals surface area contributed by atoms with Gasteiger partial charge in [0, 0.05) is 32.1 Å². The number of halogens is 6. The van der Waals surface area contributed by atoms with Crippen molar-refractivity contribution in [2.75, 3.05) is 0 Å². The van der Waals surface area contributed by atoms with Crippen molar-refractivity contribution in [1.29, 1.82) is 0 Å². The maximum absolute atomic E-state index is 15.4. The van der Waals surface area contributed by atoms with Crippen LogP contribution in [-0.4, -0.2) is 39.8 Å². The standard InChI is InChI=1S/C29H18F6O2S2/c1-25-19(11-21(38-25)17-7-3-5-15(9-17)13-36)23-24(28(32,33)29(34,35)27(23,30)31)20-12-22(39-26(20,25)2)18-8-4-6-16(10-18)14-37/h3-14H,1-2H3/t25-,26-/m0/s1. The van der Waals surface area contributed by atoms with Crippen molar-refractivity contribution >= 4 is 45.9 Å². The Morgan fingerprint density at radius 2 is 1.03 bits per heavy atom. The molecule has 2 aliphatic heterocycles. The summed E-state index contributed by atoms with van der Waals surface area (Å²) in [5, 5.41) is 0. The molecule has 0 bridgehead atoms. The van der Waals surface area contributed by atoms with E-state index in [1.165, 1.54) is 24.3 Å². The smallest absolute Gasteiger partial charge is 0.298 e. The third-order valence-corrected chi connectivity index (χ3v) is 11.3. The fourth-order valence-corrected chi connectivity index (χ4v) is 8.85. The zero-order chi connectivity index (χ0) is 28.2. The number of alkyl halides is 6. The highest BCUT2D eigenvalue weighted by molar-refractivity contribution is 8.14. The van der Waals surface area contributed by atoms with Crippen LogP contribution in [0.5, 0.6) is 0 Å². The molecule has 0 radical (unpaired) electrons. The van der Waals surface area contributed by atoms with E-state index in [2.05, 4.69) is 0 Å². The van der Waals surface area contributed by atoms with E-state index in [0.29, 0.717) is 44.6 Å². The van der Waals surface area contributed by atoms with Crippen molar-refractivity contribution < 1.29 is 35.9 Å². The molecule has 200 valence electrons. The van der Waals surface area contributed by atoms with E-state index in [4.69, 9.17) is 0 Å². The molecule has 1 saturated carbocycles. The number of rotatable bonds is 4. The molecule has 2 aliphatic carbocycles. The first-order chi connectivity index (χ1) is 18.2. The Morgan fingerprint density at radius 3 is 1.38 bits per heavy atom. The Hall–Kier alpha value is -2.98. The summed E-state index contributed by atoms with van der Waals surface area (Å²) < 4.78 is 88.8. The van der Waals surface area contributed by atoms with Gasteiger partial charge in [0.1, 0.15) is 12.6 Å². The van der Waals surface area contributed by atoms with Gasteiger partial charge in [-0.2, -0.15) is 26.3 Å². The van der Waals surface area contributed by atoms with Crippen LogP contribution in [0, 0.1) is 0 Å². The fourth-order valence-electron chi connectivity index (χ4n) is 5.72. The van der Waals surface area contributed by atoms with E-state index < -0.39 is 38.4 Å². The van der Waals surface area contributed by atoms with Crippen LogP contribution in [0.25, 0.3) is 9.81 Å². The molecule has 0 saturated heterocycles. The van der Waals surface area contributed by atoms with Crippen LogP contribution in [0.2, 0.25) is 0 Å². The number of benzene rings is 2. The highest BCUT2D eigenvalue weighted by atomic mass is 32.2. The second-order valence-corrected chi connectivity index (χ2v) is 13.0. The molecule has 0 spiro atoms. The Kier molecular flexibility index (Phi) is 5.41. The Balaban J connectivity index is 1.64. The molecular weight excluding hydrogens is 558 g/mol. The molecule has 2 nitrogen and oxygen atoms in total. The van der Waals surface area contributed by atoms with Gasteiger partial charge in [-0.3, -0.25) is 9.59 Å². The monoisotopic (exact) mass is 576 g/mol. The summed E-state index contributed by atoms with van der Waals surface area (Å²) in [5.74, 6) is -15.9. The van der Waals surface area contributed by atoms with Crippen LogP contribution < -0.4 is 0 Å². The number of aldehydes is 2. The second-order valence-electron chi connectivity index (χ2n) is 10.1. The minimum Gasteiger partial charge on any atom is -0.298 e. The molecule has 6 rings (SSSR count). The van der Waals surface area contributed by atoms with Gasteiger partial charge >= 0.3 is 17.8 Å². The third kappa shape index (κ3) is 3.15. The molecule has 10 heteroatoms. The molecule has 1 fully saturated rings. The summed E-state index contributed by atoms with van der Waals surface area (Å²) in [7, 11) is 0. The first-order valence-corrected chi connectivity index (χ1v) is 13.4. The first-order valence-electron chi connectivity index (χ1n) is 11.8. The van der Waals surface area contributed by atoms with Crippen molar-refractivity contribution in [2.45, 2.75) is 41.1 Å². The van der Waals surface area contributed by atoms with E-state index in [1.807, 2.05) is 0 Å². The van der Waals surface area contributed by atoms with Gasteiger partial charge in [-0.15, -0.1) is 23.5 Å². The summed E-state index contributed by atoms with van der Waals surface area (Å²) in [6.07, 6.45) is 3.79. The maximum atomic E-state index is 15.4. The minimum atomic E-state index is -5.64. The summed E-state index contributed by atoms with van der Waals surface area (Å²) >= 11 is 2.24. The van der Waals surface area contributed by atoms with Crippen molar-refractivity contribution in [3.05, 3.63) is 105 Å². The SMILES string of the molecule is C[C@]12SC(c3cccc(C=O)c3)=CC1=C1C(=C3C=C(c4cccc(C=O)c4)S[C@@]32C)C(F)(F)C(F)(F)C1(F)F. The predicted molar refractivity (Wildman–Crippen MR) is 140 cm³/mol. The minimum absolute atomic E-state index is 0.286. The molecule has 0 amide bonds. The largest absolute Gasteiger partial charge is 0.380 e. The van der Waals surface area contributed by atoms with Gasteiger partial charge in [-0.1, -0.05) is 36.4 Å². The van der Waals surface area contributed by atoms with Gasteiger partial charge in [-0.25, -0.2) is 0 Å². The fraction of sp³-hybridized carbons (Fsp3) is 0.241. The van der Waals surface area contributed by atoms with Gasteiger partial charge < -0.3 is 0 Å². The lowest BCUT2D eigenvalue weighted by atomic mass is 9.71. The van der Waals surface area contributed by atoms with Crippen LogP contribution in [-0.2, 0) is 0 Å². The van der Waals surface area contributed by atoms with Crippen molar-refractivity contribution in [3.8, 4) is 0 Å². The molecule has 0 unspecified atom stereocenters. The van der Waals surface area contributed by atoms with Crippen LogP contribution in [0.4, 0.5) is 26.3 Å². The average molecular weight is 577 g/mol. The number of fused-ring (bicyclic) bond motifs is 4. The van der Waals surface area contributed by atoms with Crippen LogP contribution >= 0.6 is 23.5 Å². The zero-order valence-electron chi connectivity index (χ0n) is 20.3. The lowest BCUT2D eigenvalue weighted by molar-refractivity contribution is -0.258. The maximum Gasteiger partial charge on any atom is 0.380 e. The molecule has 2 aromatic rings. The van der Waals surface area contributed by atoms with Crippen molar-refractivity contribution in [1.82, 2.24) is 0 Å². The molecule has 2 atom stereocenters. The van der Waals surface area contributed by atoms with Gasteiger partial charge in [0.05, 0.1) is 9.49 Å². The highest BCUT2D eigenvalue weighted by Gasteiger charge is 2.84. The molecule has 39 heavy (non-hydrogen) atoms. The summed E-state index contributed by atoms with van der Waals surface area (Å²) in [4.78, 5) is 23.5. The Morgan fingerprint density at radius 1 is 0.641 bits per heavy atom. The summed E-state index contributed by atoms with van der Waals surface area (Å²) in [5.41, 5.74) is -1.67. The van der Waals surface area contributed by atoms with Crippen molar-refractivity contribution in [2.24, 2.45) is 0 Å². The molecule has 0 N–H and O–H groups in total. The number of hydrogen-bond donors (Lipinski definition) is 0. The highest BCUT2D eigenvalue weighted by Crippen LogP contribution is 2.75. The van der Waals surface area contributed by atoms with E-state index in [0.717, 1.165) is 23.5 Å². The third-order valence-electron chi connectivity index (χ3n) is 7.94. The summed E-state index contributed by atoms with van der Waals surface area (Å²) in [6.45, 7) is 3.19. The number of hydrogen-bond acceptors (Lipinski definition) is 4. The normalized spacial score (nSPS) is 29.4. The number of carbonyl (C=O) groups is 2. The molecule has 2 heterocycles. The van der Waals surface area contributed by atoms with Crippen LogP contribution in [0.15, 0.2) is 83.0 Å². The van der Waals surface area contributed by atoms with Gasteiger partial charge in [0.25, 0.3) is 0 Å². The number of allylic oxidation sites excluding steroid dienone is 4. The number of carbonyl (C=O) groups excluding carboxylic acids is 2. The topological polar surface area (TPSA) is 34.1 Å². The lowest BCUT2D eigenvalue weighted by Crippen LogP contribution is -2.48. The predicted octanol–water partition coefficient (Wildman–Crippen LogP) is 8.23. The van der Waals surface area contributed by atoms with Gasteiger partial charge in [0.2, 0.25) is 0 Å². The van der Waals surface area contributed by atoms with Crippen molar-refractivity contribution in [3.63, 3.8) is 0 Å². The quantitative estimate of drug-likeness (QED) is 0.271. The van der Waals surface area contributed by atoms with Gasteiger partial charge in [0.15, 0.2) is 0 Å². The van der Waals surface area contributed by atoms with Crippen LogP contribution in [0.3, 0.4) is 0 Å². The molecular formula is C29H18F6O2S2. The van der Waals surface area contributed by atoms with E-state index >= 15 is 17.6 Å². The summed E-state index contributed by atoms with van der Waals surface area (Å²) in [6, 6.07) is 12.6. The van der Waals surface area contributed by atoms with E-state index in [-0.39, 0.29) is 11.1 Å². The molecule has 4 aliphatic rings. The Labute approximate surface area is 227 Å². The lowest BCUT2D eigenvalue weighted by Gasteiger charge is -2.47. The Bertz CT molecular complexity index is 1500. The second kappa shape index (κ2) is 8.04. The molecule has 2 aromatic carbocycles. The zero-order valence-corrected chi connectivity index (χ0v) is 22.0. The first kappa shape index (κ1) is 26.3.